The molecule has 0 spiro atoms. The van der Waals surface area contributed by atoms with E-state index in [2.05, 4.69) is 6.58 Å². The summed E-state index contributed by atoms with van der Waals surface area (Å²) in [6.07, 6.45) is 1.70. The van der Waals surface area contributed by atoms with Crippen molar-refractivity contribution in [2.75, 3.05) is 0 Å². The van der Waals surface area contributed by atoms with Gasteiger partial charge >= 0.3 is 0 Å². The maximum absolute atomic E-state index is 9.47. The van der Waals surface area contributed by atoms with Gasteiger partial charge in [0.1, 0.15) is 10.1 Å². The Morgan fingerprint density at radius 2 is 2.12 bits per heavy atom. The number of hydrogen-bond acceptors (Lipinski definition) is 2. The third-order valence-corrected chi connectivity index (χ3v) is 3.77. The van der Waals surface area contributed by atoms with E-state index in [1.54, 1.807) is 18.2 Å². The van der Waals surface area contributed by atoms with Crippen LogP contribution in [-0.4, -0.2) is 9.44 Å². The third kappa shape index (κ3) is 1.67. The monoisotopic (exact) mass is 253 g/mol. The van der Waals surface area contributed by atoms with Crippen molar-refractivity contribution in [1.29, 1.82) is 5.26 Å². The van der Waals surface area contributed by atoms with E-state index in [1.165, 1.54) is 6.07 Å². The summed E-state index contributed by atoms with van der Waals surface area (Å²) in [5.41, 5.74) is 1.17. The molecule has 1 aliphatic rings. The van der Waals surface area contributed by atoms with Crippen molar-refractivity contribution >= 4 is 23.2 Å². The zero-order chi connectivity index (χ0) is 11.9. The molecule has 2 rings (SSSR count). The second kappa shape index (κ2) is 3.69. The molecule has 2 nitrogen and oxygen atoms in total. The molecule has 0 bridgehead atoms. The Balaban J connectivity index is 2.40. The molecular weight excluding hydrogens is 245 g/mol. The van der Waals surface area contributed by atoms with Gasteiger partial charge in [-0.05, 0) is 23.8 Å². The van der Waals surface area contributed by atoms with E-state index < -0.39 is 4.33 Å². The molecule has 1 aliphatic carbocycles. The first-order valence-electron chi connectivity index (χ1n) is 4.75. The van der Waals surface area contributed by atoms with Gasteiger partial charge < -0.3 is 5.11 Å². The van der Waals surface area contributed by atoms with Gasteiger partial charge in [0, 0.05) is 11.8 Å². The first-order chi connectivity index (χ1) is 7.50. The van der Waals surface area contributed by atoms with Gasteiger partial charge in [-0.1, -0.05) is 6.08 Å². The van der Waals surface area contributed by atoms with E-state index in [0.717, 1.165) is 5.56 Å². The molecule has 82 valence electrons. The minimum atomic E-state index is -0.873. The van der Waals surface area contributed by atoms with E-state index in [0.29, 0.717) is 5.56 Å². The molecule has 1 fully saturated rings. The average molecular weight is 254 g/mol. The van der Waals surface area contributed by atoms with Gasteiger partial charge in [-0.3, -0.25) is 0 Å². The minimum absolute atomic E-state index is 0.0378. The van der Waals surface area contributed by atoms with Crippen molar-refractivity contribution in [2.24, 2.45) is 5.92 Å². The Morgan fingerprint density at radius 1 is 1.44 bits per heavy atom. The van der Waals surface area contributed by atoms with E-state index in [1.807, 2.05) is 6.07 Å². The lowest BCUT2D eigenvalue weighted by molar-refractivity contribution is 0.474. The van der Waals surface area contributed by atoms with Crippen LogP contribution in [0.3, 0.4) is 0 Å². The lowest BCUT2D eigenvalue weighted by Crippen LogP contribution is -1.90. The van der Waals surface area contributed by atoms with Crippen molar-refractivity contribution < 1.29 is 5.11 Å². The predicted octanol–water partition coefficient (Wildman–Crippen LogP) is 3.34. The summed E-state index contributed by atoms with van der Waals surface area (Å²) in [6, 6.07) is 6.65. The number of allylic oxidation sites excluding steroid dienone is 1. The number of aromatic hydroxyl groups is 1. The molecule has 1 N–H and O–H groups in total. The summed E-state index contributed by atoms with van der Waals surface area (Å²) in [7, 11) is 0. The van der Waals surface area contributed by atoms with Crippen LogP contribution >= 0.6 is 23.2 Å². The first kappa shape index (κ1) is 11.3. The molecule has 0 radical (unpaired) electrons. The van der Waals surface area contributed by atoms with Gasteiger partial charge in [0.15, 0.2) is 0 Å². The highest BCUT2D eigenvalue weighted by Gasteiger charge is 2.62. The van der Waals surface area contributed by atoms with Crippen LogP contribution in [0.2, 0.25) is 0 Å². The standard InChI is InChI=1S/C12H9Cl2NO/c1-2-10-11(12(10,13)14)8-3-7(6-15)4-9(16)5-8/h2-5,10-11,16H,1H2. The molecule has 4 heteroatoms. The highest BCUT2D eigenvalue weighted by molar-refractivity contribution is 6.52. The Hall–Kier alpha value is -1.17. The number of nitriles is 1. The molecule has 16 heavy (non-hydrogen) atoms. The maximum atomic E-state index is 9.47. The van der Waals surface area contributed by atoms with Crippen LogP contribution in [0, 0.1) is 17.2 Å². The van der Waals surface area contributed by atoms with Crippen molar-refractivity contribution in [1.82, 2.24) is 0 Å². The number of phenolic OH excluding ortho intramolecular Hbond substituents is 1. The Bertz CT molecular complexity index is 490. The summed E-state index contributed by atoms with van der Waals surface area (Å²) in [5, 5.41) is 18.3. The number of phenols is 1. The van der Waals surface area contributed by atoms with Gasteiger partial charge in [0.05, 0.1) is 11.6 Å². The number of alkyl halides is 2. The summed E-state index contributed by atoms with van der Waals surface area (Å²) in [4.78, 5) is 0. The van der Waals surface area contributed by atoms with Crippen LogP contribution in [0.1, 0.15) is 17.0 Å². The SMILES string of the molecule is C=CC1C(c2cc(O)cc(C#N)c2)C1(Cl)Cl. The number of halogens is 2. The quantitative estimate of drug-likeness (QED) is 0.649. The molecule has 1 aromatic carbocycles. The third-order valence-electron chi connectivity index (χ3n) is 2.79. The lowest BCUT2D eigenvalue weighted by atomic mass is 10.1. The molecule has 0 aromatic heterocycles. The van der Waals surface area contributed by atoms with Crippen LogP contribution in [0.5, 0.6) is 5.75 Å². The van der Waals surface area contributed by atoms with Crippen LogP contribution in [0.15, 0.2) is 30.9 Å². The van der Waals surface area contributed by atoms with Crippen molar-refractivity contribution in [3.05, 3.63) is 42.0 Å². The number of nitrogens with zero attached hydrogens (tertiary/aromatic N) is 1. The van der Waals surface area contributed by atoms with Crippen molar-refractivity contribution in [2.45, 2.75) is 10.3 Å². The van der Waals surface area contributed by atoms with Crippen molar-refractivity contribution in [3.63, 3.8) is 0 Å². The molecule has 0 amide bonds. The van der Waals surface area contributed by atoms with Gasteiger partial charge in [-0.15, -0.1) is 29.8 Å². The van der Waals surface area contributed by atoms with E-state index >= 15 is 0 Å². The predicted molar refractivity (Wildman–Crippen MR) is 63.7 cm³/mol. The minimum Gasteiger partial charge on any atom is -0.508 e. The van der Waals surface area contributed by atoms with Crippen LogP contribution in [0.4, 0.5) is 0 Å². The summed E-state index contributed by atoms with van der Waals surface area (Å²) in [5.74, 6) is -0.0930. The van der Waals surface area contributed by atoms with E-state index in [-0.39, 0.29) is 17.6 Å². The first-order valence-corrected chi connectivity index (χ1v) is 5.50. The second-order valence-corrected chi connectivity index (χ2v) is 5.28. The zero-order valence-electron chi connectivity index (χ0n) is 8.32. The molecule has 1 saturated carbocycles. The molecule has 0 heterocycles. The fourth-order valence-corrected chi connectivity index (χ4v) is 2.78. The fourth-order valence-electron chi connectivity index (χ4n) is 1.95. The normalized spacial score (nSPS) is 25.8. The molecule has 0 saturated heterocycles. The number of hydrogen-bond donors (Lipinski definition) is 1. The number of benzene rings is 1. The largest absolute Gasteiger partial charge is 0.508 e. The van der Waals surface area contributed by atoms with Gasteiger partial charge in [-0.2, -0.15) is 5.26 Å². The topological polar surface area (TPSA) is 44.0 Å². The lowest BCUT2D eigenvalue weighted by Gasteiger charge is -2.02. The molecular formula is C12H9Cl2NO. The molecule has 0 aliphatic heterocycles. The molecule has 1 aromatic rings. The van der Waals surface area contributed by atoms with Crippen LogP contribution < -0.4 is 0 Å². The molecule has 2 unspecified atom stereocenters. The maximum Gasteiger partial charge on any atom is 0.132 e. The zero-order valence-corrected chi connectivity index (χ0v) is 9.83. The molecule has 2 atom stereocenters. The van der Waals surface area contributed by atoms with Gasteiger partial charge in [-0.25, -0.2) is 0 Å². The smallest absolute Gasteiger partial charge is 0.132 e. The Kier molecular flexibility index (Phi) is 2.61. The van der Waals surface area contributed by atoms with E-state index in [4.69, 9.17) is 28.5 Å². The Morgan fingerprint density at radius 3 is 2.62 bits per heavy atom. The van der Waals surface area contributed by atoms with E-state index in [9.17, 15) is 5.11 Å². The highest BCUT2D eigenvalue weighted by atomic mass is 35.5. The van der Waals surface area contributed by atoms with Gasteiger partial charge in [0.25, 0.3) is 0 Å². The Labute approximate surface area is 104 Å². The van der Waals surface area contributed by atoms with Crippen molar-refractivity contribution in [3.8, 4) is 11.8 Å². The summed E-state index contributed by atoms with van der Waals surface area (Å²) in [6.45, 7) is 3.66. The average Bonchev–Trinajstić information content (AvgIpc) is 2.79. The van der Waals surface area contributed by atoms with Crippen LogP contribution in [-0.2, 0) is 0 Å². The van der Waals surface area contributed by atoms with Crippen LogP contribution in [0.25, 0.3) is 0 Å². The summed E-state index contributed by atoms with van der Waals surface area (Å²) >= 11 is 12.2. The van der Waals surface area contributed by atoms with Gasteiger partial charge in [0.2, 0.25) is 0 Å². The highest BCUT2D eigenvalue weighted by Crippen LogP contribution is 2.65. The fraction of sp³-hybridized carbons (Fsp3) is 0.250. The summed E-state index contributed by atoms with van der Waals surface area (Å²) < 4.78 is -0.873. The number of rotatable bonds is 2. The second-order valence-electron chi connectivity index (χ2n) is 3.84.